The van der Waals surface area contributed by atoms with E-state index >= 15 is 0 Å². The molecule has 2 N–H and O–H groups in total. The number of aryl methyl sites for hydroxylation is 1. The Morgan fingerprint density at radius 2 is 2.00 bits per heavy atom. The molecule has 4 nitrogen and oxygen atoms in total. The number of alkyl halides is 3. The van der Waals surface area contributed by atoms with Crippen LogP contribution < -0.4 is 9.92 Å². The average Bonchev–Trinajstić information content (AvgIpc) is 2.27. The monoisotopic (exact) mass is 295 g/mol. The topological polar surface area (TPSA) is 69.4 Å². The van der Waals surface area contributed by atoms with Crippen molar-refractivity contribution in [3.63, 3.8) is 0 Å². The van der Waals surface area contributed by atoms with Crippen LogP contribution in [0.4, 0.5) is 13.2 Å². The minimum Gasteiger partial charge on any atom is -0.376 e. The summed E-state index contributed by atoms with van der Waals surface area (Å²) in [5, 5.41) is 0. The zero-order chi connectivity index (χ0) is 14.3. The quantitative estimate of drug-likeness (QED) is 0.671. The van der Waals surface area contributed by atoms with Gasteiger partial charge < -0.3 is 9.92 Å². The van der Waals surface area contributed by atoms with Crippen molar-refractivity contribution < 1.29 is 25.8 Å². The predicted octanol–water partition coefficient (Wildman–Crippen LogP) is 2.25. The molecular formula is C11H12F3NO3S. The maximum absolute atomic E-state index is 12.2. The highest BCUT2D eigenvalue weighted by molar-refractivity contribution is 7.87. The van der Waals surface area contributed by atoms with Gasteiger partial charge >= 0.3 is 15.6 Å². The largest absolute Gasteiger partial charge is 0.534 e. The van der Waals surface area contributed by atoms with Crippen LogP contribution in [0, 0.1) is 0 Å². The average molecular weight is 295 g/mol. The maximum atomic E-state index is 12.2. The molecular weight excluding hydrogens is 283 g/mol. The summed E-state index contributed by atoms with van der Waals surface area (Å²) in [6.07, 6.45) is 2.25. The van der Waals surface area contributed by atoms with Crippen LogP contribution >= 0.6 is 0 Å². The molecule has 0 fully saturated rings. The fraction of sp³-hybridized carbons (Fsp3) is 0.455. The number of hydrogen-bond acceptors (Lipinski definition) is 4. The number of rotatable bonds is 2. The predicted molar refractivity (Wildman–Crippen MR) is 61.9 cm³/mol. The molecule has 0 aromatic heterocycles. The van der Waals surface area contributed by atoms with Crippen molar-refractivity contribution in [3.05, 3.63) is 29.3 Å². The molecule has 1 unspecified atom stereocenters. The Balaban J connectivity index is 2.29. The molecule has 1 atom stereocenters. The van der Waals surface area contributed by atoms with E-state index in [1.165, 1.54) is 18.2 Å². The SMILES string of the molecule is NC1CCCc2cc(OS(=O)(=O)C(F)(F)F)ccc21. The molecule has 1 aliphatic carbocycles. The van der Waals surface area contributed by atoms with Crippen LogP contribution in [-0.2, 0) is 16.5 Å². The zero-order valence-electron chi connectivity index (χ0n) is 9.77. The third-order valence-corrected chi connectivity index (χ3v) is 3.94. The highest BCUT2D eigenvalue weighted by Gasteiger charge is 2.48. The van der Waals surface area contributed by atoms with Gasteiger partial charge in [0.25, 0.3) is 0 Å². The Hall–Kier alpha value is -1.28. The second kappa shape index (κ2) is 4.68. The molecule has 19 heavy (non-hydrogen) atoms. The number of hydrogen-bond donors (Lipinski definition) is 1. The number of fused-ring (bicyclic) bond motifs is 1. The molecule has 0 aliphatic heterocycles. The number of benzene rings is 1. The summed E-state index contributed by atoms with van der Waals surface area (Å²) < 4.78 is 62.4. The number of nitrogens with two attached hydrogens (primary N) is 1. The van der Waals surface area contributed by atoms with Crippen LogP contribution in [0.5, 0.6) is 5.75 Å². The Bertz CT molecular complexity index is 583. The van der Waals surface area contributed by atoms with Crippen molar-refractivity contribution in [3.8, 4) is 5.75 Å². The molecule has 0 saturated heterocycles. The Kier molecular flexibility index (Phi) is 3.48. The van der Waals surface area contributed by atoms with Gasteiger partial charge in [0, 0.05) is 6.04 Å². The second-order valence-electron chi connectivity index (χ2n) is 4.34. The summed E-state index contributed by atoms with van der Waals surface area (Å²) in [4.78, 5) is 0. The van der Waals surface area contributed by atoms with Crippen molar-refractivity contribution in [2.45, 2.75) is 30.8 Å². The van der Waals surface area contributed by atoms with Gasteiger partial charge in [0.05, 0.1) is 0 Å². The maximum Gasteiger partial charge on any atom is 0.534 e. The molecule has 0 amide bonds. The minimum absolute atomic E-state index is 0.169. The summed E-state index contributed by atoms with van der Waals surface area (Å²) in [6.45, 7) is 0. The van der Waals surface area contributed by atoms with Crippen LogP contribution in [0.1, 0.15) is 30.0 Å². The Morgan fingerprint density at radius 3 is 2.63 bits per heavy atom. The molecule has 1 aromatic rings. The van der Waals surface area contributed by atoms with E-state index in [4.69, 9.17) is 5.73 Å². The van der Waals surface area contributed by atoms with Crippen molar-refractivity contribution in [2.24, 2.45) is 5.73 Å². The standard InChI is InChI=1S/C11H12F3NO3S/c12-11(13,14)19(16,17)18-8-4-5-9-7(6-8)2-1-3-10(9)15/h4-6,10H,1-3,15H2. The lowest BCUT2D eigenvalue weighted by atomic mass is 9.88. The third kappa shape index (κ3) is 2.84. The molecule has 0 heterocycles. The van der Waals surface area contributed by atoms with Crippen molar-refractivity contribution in [1.29, 1.82) is 0 Å². The van der Waals surface area contributed by atoms with E-state index in [2.05, 4.69) is 4.18 Å². The van der Waals surface area contributed by atoms with Gasteiger partial charge in [0.15, 0.2) is 0 Å². The van der Waals surface area contributed by atoms with Gasteiger partial charge in [-0.2, -0.15) is 21.6 Å². The van der Waals surface area contributed by atoms with E-state index in [0.717, 1.165) is 24.0 Å². The summed E-state index contributed by atoms with van der Waals surface area (Å²) in [5.74, 6) is -0.342. The fourth-order valence-corrected chi connectivity index (χ4v) is 2.51. The first kappa shape index (κ1) is 14.1. The molecule has 2 rings (SSSR count). The molecule has 8 heteroatoms. The molecule has 106 valence electrons. The lowest BCUT2D eigenvalue weighted by Crippen LogP contribution is -2.28. The van der Waals surface area contributed by atoms with Gasteiger partial charge in [-0.05, 0) is 42.5 Å². The van der Waals surface area contributed by atoms with Gasteiger partial charge in [0.1, 0.15) is 5.75 Å². The van der Waals surface area contributed by atoms with E-state index < -0.39 is 15.6 Å². The van der Waals surface area contributed by atoms with E-state index in [0.29, 0.717) is 6.42 Å². The second-order valence-corrected chi connectivity index (χ2v) is 5.88. The highest BCUT2D eigenvalue weighted by atomic mass is 32.2. The van der Waals surface area contributed by atoms with Crippen LogP contribution in [0.25, 0.3) is 0 Å². The Morgan fingerprint density at radius 1 is 1.32 bits per heavy atom. The normalized spacial score (nSPS) is 19.9. The van der Waals surface area contributed by atoms with E-state index in [1.807, 2.05) is 0 Å². The summed E-state index contributed by atoms with van der Waals surface area (Å²) in [5.41, 5.74) is 1.98. The van der Waals surface area contributed by atoms with Gasteiger partial charge in [-0.25, -0.2) is 0 Å². The van der Waals surface area contributed by atoms with E-state index in [-0.39, 0.29) is 11.8 Å². The minimum atomic E-state index is -5.62. The first-order valence-corrected chi connectivity index (χ1v) is 7.01. The molecule has 1 aromatic carbocycles. The first-order chi connectivity index (χ1) is 8.71. The van der Waals surface area contributed by atoms with Crippen LogP contribution in [-0.4, -0.2) is 13.9 Å². The van der Waals surface area contributed by atoms with Crippen molar-refractivity contribution >= 4 is 10.1 Å². The van der Waals surface area contributed by atoms with Crippen LogP contribution in [0.15, 0.2) is 18.2 Å². The molecule has 0 spiro atoms. The van der Waals surface area contributed by atoms with Gasteiger partial charge in [-0.15, -0.1) is 0 Å². The summed E-state index contributed by atoms with van der Waals surface area (Å²) >= 11 is 0. The third-order valence-electron chi connectivity index (χ3n) is 2.96. The van der Waals surface area contributed by atoms with Crippen molar-refractivity contribution in [1.82, 2.24) is 0 Å². The summed E-state index contributed by atoms with van der Waals surface area (Å²) in [7, 11) is -5.62. The summed E-state index contributed by atoms with van der Waals surface area (Å²) in [6, 6.07) is 3.84. The van der Waals surface area contributed by atoms with E-state index in [9.17, 15) is 21.6 Å². The smallest absolute Gasteiger partial charge is 0.376 e. The lowest BCUT2D eigenvalue weighted by molar-refractivity contribution is -0.0500. The molecule has 0 radical (unpaired) electrons. The van der Waals surface area contributed by atoms with Crippen LogP contribution in [0.3, 0.4) is 0 Å². The number of halogens is 3. The zero-order valence-corrected chi connectivity index (χ0v) is 10.6. The van der Waals surface area contributed by atoms with Crippen molar-refractivity contribution in [2.75, 3.05) is 0 Å². The lowest BCUT2D eigenvalue weighted by Gasteiger charge is -2.22. The van der Waals surface area contributed by atoms with Gasteiger partial charge in [-0.1, -0.05) is 6.07 Å². The molecule has 0 saturated carbocycles. The fourth-order valence-electron chi connectivity index (χ4n) is 2.05. The molecule has 0 bridgehead atoms. The van der Waals surface area contributed by atoms with E-state index in [1.54, 1.807) is 0 Å². The molecule has 1 aliphatic rings. The van der Waals surface area contributed by atoms with Gasteiger partial charge in [-0.3, -0.25) is 0 Å². The first-order valence-electron chi connectivity index (χ1n) is 5.60. The highest BCUT2D eigenvalue weighted by Crippen LogP contribution is 2.32. The van der Waals surface area contributed by atoms with Crippen LogP contribution in [0.2, 0.25) is 0 Å². The van der Waals surface area contributed by atoms with Gasteiger partial charge in [0.2, 0.25) is 0 Å². The Labute approximate surface area is 108 Å².